The molecule has 1 aliphatic carbocycles. The van der Waals surface area contributed by atoms with Gasteiger partial charge in [-0.05, 0) is 40.9 Å². The van der Waals surface area contributed by atoms with Crippen molar-refractivity contribution in [1.82, 2.24) is 4.98 Å². The zero-order valence-corrected chi connectivity index (χ0v) is 7.63. The predicted octanol–water partition coefficient (Wildman–Crippen LogP) is 2.42. The first-order valence-electron chi connectivity index (χ1n) is 3.73. The molecule has 0 unspecified atom stereocenters. The van der Waals surface area contributed by atoms with E-state index in [2.05, 4.69) is 26.2 Å². The van der Waals surface area contributed by atoms with Crippen LogP contribution >= 0.6 is 15.9 Å². The summed E-state index contributed by atoms with van der Waals surface area (Å²) >= 11 is 3.34. The van der Waals surface area contributed by atoms with Crippen LogP contribution in [0.25, 0.3) is 0 Å². The topological polar surface area (TPSA) is 24.9 Å². The Bertz CT molecular complexity index is 241. The van der Waals surface area contributed by atoms with Crippen molar-refractivity contribution in [2.45, 2.75) is 18.9 Å². The fourth-order valence-electron chi connectivity index (χ4n) is 0.898. The number of halogens is 1. The van der Waals surface area contributed by atoms with Gasteiger partial charge in [-0.1, -0.05) is 0 Å². The van der Waals surface area contributed by atoms with Gasteiger partial charge in [-0.25, -0.2) is 4.98 Å². The number of hydrogen-bond acceptors (Lipinski definition) is 2. The zero-order chi connectivity index (χ0) is 7.68. The molecule has 2 rings (SSSR count). The van der Waals surface area contributed by atoms with Crippen LogP contribution in [0.3, 0.4) is 0 Å². The molecule has 0 aliphatic heterocycles. The average Bonchev–Trinajstić information content (AvgIpc) is 2.78. The lowest BCUT2D eigenvalue weighted by Crippen LogP contribution is -2.01. The van der Waals surface area contributed by atoms with Gasteiger partial charge < -0.3 is 5.32 Å². The highest BCUT2D eigenvalue weighted by molar-refractivity contribution is 9.10. The summed E-state index contributed by atoms with van der Waals surface area (Å²) in [5.41, 5.74) is 0. The van der Waals surface area contributed by atoms with E-state index < -0.39 is 0 Å². The summed E-state index contributed by atoms with van der Waals surface area (Å²) in [6.45, 7) is 0. The Balaban J connectivity index is 2.06. The van der Waals surface area contributed by atoms with Crippen LogP contribution in [0.4, 0.5) is 5.82 Å². The highest BCUT2D eigenvalue weighted by atomic mass is 79.9. The van der Waals surface area contributed by atoms with Crippen molar-refractivity contribution in [2.75, 3.05) is 5.32 Å². The molecule has 1 saturated carbocycles. The van der Waals surface area contributed by atoms with Gasteiger partial charge in [0.1, 0.15) is 5.82 Å². The molecule has 1 aliphatic rings. The van der Waals surface area contributed by atoms with Crippen LogP contribution in [-0.2, 0) is 0 Å². The first-order valence-corrected chi connectivity index (χ1v) is 4.52. The van der Waals surface area contributed by atoms with Crippen molar-refractivity contribution in [2.24, 2.45) is 0 Å². The van der Waals surface area contributed by atoms with Crippen LogP contribution in [-0.4, -0.2) is 11.0 Å². The second-order valence-corrected chi connectivity index (χ2v) is 3.70. The van der Waals surface area contributed by atoms with Gasteiger partial charge in [0.25, 0.3) is 0 Å². The summed E-state index contributed by atoms with van der Waals surface area (Å²) in [5, 5.41) is 3.31. The summed E-state index contributed by atoms with van der Waals surface area (Å²) in [4.78, 5) is 4.20. The fraction of sp³-hybridized carbons (Fsp3) is 0.375. The van der Waals surface area contributed by atoms with Gasteiger partial charge >= 0.3 is 0 Å². The normalized spacial score (nSPS) is 16.5. The highest BCUT2D eigenvalue weighted by Gasteiger charge is 2.20. The molecule has 0 amide bonds. The van der Waals surface area contributed by atoms with Gasteiger partial charge in [0.2, 0.25) is 0 Å². The minimum Gasteiger partial charge on any atom is -0.367 e. The molecule has 0 bridgehead atoms. The van der Waals surface area contributed by atoms with Crippen LogP contribution in [0.2, 0.25) is 0 Å². The fourth-order valence-corrected chi connectivity index (χ4v) is 1.13. The Labute approximate surface area is 74.2 Å². The van der Waals surface area contributed by atoms with Crippen molar-refractivity contribution >= 4 is 21.7 Å². The van der Waals surface area contributed by atoms with E-state index in [4.69, 9.17) is 0 Å². The maximum Gasteiger partial charge on any atom is 0.126 e. The van der Waals surface area contributed by atoms with Crippen LogP contribution in [0.1, 0.15) is 12.8 Å². The molecule has 0 radical (unpaired) electrons. The molecule has 1 aromatic heterocycles. The van der Waals surface area contributed by atoms with E-state index >= 15 is 0 Å². The van der Waals surface area contributed by atoms with Crippen LogP contribution < -0.4 is 5.32 Å². The van der Waals surface area contributed by atoms with E-state index in [0.717, 1.165) is 10.3 Å². The number of pyridine rings is 1. The molecule has 58 valence electrons. The Morgan fingerprint density at radius 3 is 2.82 bits per heavy atom. The Kier molecular flexibility index (Phi) is 1.82. The second kappa shape index (κ2) is 2.81. The molecule has 3 heteroatoms. The third-order valence-corrected chi connectivity index (χ3v) is 2.13. The lowest BCUT2D eigenvalue weighted by Gasteiger charge is -2.01. The molecule has 1 aromatic rings. The Hall–Kier alpha value is -0.570. The minimum absolute atomic E-state index is 0.684. The Morgan fingerprint density at radius 1 is 1.45 bits per heavy atom. The Morgan fingerprint density at radius 2 is 2.27 bits per heavy atom. The quantitative estimate of drug-likeness (QED) is 0.815. The van der Waals surface area contributed by atoms with Gasteiger partial charge in [-0.2, -0.15) is 0 Å². The predicted molar refractivity (Wildman–Crippen MR) is 48.6 cm³/mol. The standard InChI is InChI=1S/C8H9BrN2/c9-6-1-4-8(10-5-6)11-7-2-3-7/h1,4-5,7H,2-3H2,(H,10,11). The van der Waals surface area contributed by atoms with Crippen molar-refractivity contribution < 1.29 is 0 Å². The van der Waals surface area contributed by atoms with Gasteiger partial charge in [-0.15, -0.1) is 0 Å². The summed E-state index contributed by atoms with van der Waals surface area (Å²) < 4.78 is 1.03. The van der Waals surface area contributed by atoms with E-state index in [-0.39, 0.29) is 0 Å². The van der Waals surface area contributed by atoms with Crippen molar-refractivity contribution in [3.05, 3.63) is 22.8 Å². The van der Waals surface area contributed by atoms with Gasteiger partial charge in [-0.3, -0.25) is 0 Å². The third kappa shape index (κ3) is 1.93. The lowest BCUT2D eigenvalue weighted by atomic mass is 10.4. The summed E-state index contributed by atoms with van der Waals surface area (Å²) in [7, 11) is 0. The maximum absolute atomic E-state index is 4.20. The highest BCUT2D eigenvalue weighted by Crippen LogP contribution is 2.23. The number of anilines is 1. The number of nitrogens with one attached hydrogen (secondary N) is 1. The van der Waals surface area contributed by atoms with Crippen LogP contribution in [0.5, 0.6) is 0 Å². The lowest BCUT2D eigenvalue weighted by molar-refractivity contribution is 1.11. The largest absolute Gasteiger partial charge is 0.367 e. The number of aromatic nitrogens is 1. The number of hydrogen-bond donors (Lipinski definition) is 1. The maximum atomic E-state index is 4.20. The second-order valence-electron chi connectivity index (χ2n) is 2.78. The molecule has 0 saturated heterocycles. The molecule has 0 aromatic carbocycles. The number of rotatable bonds is 2. The van der Waals surface area contributed by atoms with Crippen molar-refractivity contribution in [3.8, 4) is 0 Å². The van der Waals surface area contributed by atoms with Crippen LogP contribution in [0, 0.1) is 0 Å². The van der Waals surface area contributed by atoms with E-state index in [0.29, 0.717) is 6.04 Å². The first-order chi connectivity index (χ1) is 5.34. The average molecular weight is 213 g/mol. The SMILES string of the molecule is Brc1ccc(NC2CC2)nc1. The van der Waals surface area contributed by atoms with Crippen LogP contribution in [0.15, 0.2) is 22.8 Å². The molecular weight excluding hydrogens is 204 g/mol. The first kappa shape index (κ1) is 7.10. The number of nitrogens with zero attached hydrogens (tertiary/aromatic N) is 1. The molecule has 0 spiro atoms. The van der Waals surface area contributed by atoms with Gasteiger partial charge in [0.05, 0.1) is 0 Å². The zero-order valence-electron chi connectivity index (χ0n) is 6.05. The van der Waals surface area contributed by atoms with E-state index in [9.17, 15) is 0 Å². The van der Waals surface area contributed by atoms with E-state index in [1.165, 1.54) is 12.8 Å². The van der Waals surface area contributed by atoms with Crippen molar-refractivity contribution in [1.29, 1.82) is 0 Å². The molecule has 2 nitrogen and oxygen atoms in total. The molecule has 0 atom stereocenters. The summed E-state index contributed by atoms with van der Waals surface area (Å²) in [6, 6.07) is 4.67. The molecule has 1 fully saturated rings. The van der Waals surface area contributed by atoms with E-state index in [1.807, 2.05) is 18.3 Å². The smallest absolute Gasteiger partial charge is 0.126 e. The minimum atomic E-state index is 0.684. The van der Waals surface area contributed by atoms with Gasteiger partial charge in [0.15, 0.2) is 0 Å². The van der Waals surface area contributed by atoms with Gasteiger partial charge in [0, 0.05) is 16.7 Å². The molecule has 1 heterocycles. The molecule has 11 heavy (non-hydrogen) atoms. The monoisotopic (exact) mass is 212 g/mol. The molecular formula is C8H9BrN2. The van der Waals surface area contributed by atoms with E-state index in [1.54, 1.807) is 0 Å². The third-order valence-electron chi connectivity index (χ3n) is 1.66. The summed E-state index contributed by atoms with van der Waals surface area (Å²) in [6.07, 6.45) is 4.39. The summed E-state index contributed by atoms with van der Waals surface area (Å²) in [5.74, 6) is 0.982. The van der Waals surface area contributed by atoms with Crippen molar-refractivity contribution in [3.63, 3.8) is 0 Å². The molecule has 1 N–H and O–H groups in total.